The zero-order valence-electron chi connectivity index (χ0n) is 17.7. The van der Waals surface area contributed by atoms with Gasteiger partial charge in [0.25, 0.3) is 5.71 Å². The number of pyridine rings is 1. The van der Waals surface area contributed by atoms with Crippen molar-refractivity contribution in [2.24, 2.45) is 0 Å². The summed E-state index contributed by atoms with van der Waals surface area (Å²) in [6, 6.07) is 7.02. The molecule has 0 spiro atoms. The molecule has 3 aromatic heterocycles. The summed E-state index contributed by atoms with van der Waals surface area (Å²) >= 11 is 6.21. The van der Waals surface area contributed by atoms with Crippen LogP contribution in [0.2, 0.25) is 5.02 Å². The number of halogens is 1. The Kier molecular flexibility index (Phi) is 5.11. The number of carbonyl (C=O) groups excluding carboxylic acids is 1. The number of nitrogens with zero attached hydrogens (tertiary/aromatic N) is 2. The van der Waals surface area contributed by atoms with Crippen LogP contribution in [-0.2, 0) is 22.7 Å². The predicted molar refractivity (Wildman–Crippen MR) is 115 cm³/mol. The fourth-order valence-corrected chi connectivity index (χ4v) is 4.13. The molecule has 0 bridgehead atoms. The number of hydrogen-bond acceptors (Lipinski definition) is 8. The Balaban J connectivity index is 1.51. The van der Waals surface area contributed by atoms with Gasteiger partial charge in [-0.2, -0.15) is 0 Å². The third kappa shape index (κ3) is 3.61. The molecule has 0 amide bonds. The Hall–Kier alpha value is -3.36. The summed E-state index contributed by atoms with van der Waals surface area (Å²) in [5.41, 5.74) is 3.89. The van der Waals surface area contributed by atoms with E-state index in [1.165, 1.54) is 0 Å². The second-order valence-corrected chi connectivity index (χ2v) is 8.01. The highest BCUT2D eigenvalue weighted by molar-refractivity contribution is 6.30. The molecule has 1 aromatic carbocycles. The number of carbonyl (C=O) groups is 1. The summed E-state index contributed by atoms with van der Waals surface area (Å²) in [6.07, 6.45) is 0. The van der Waals surface area contributed by atoms with Gasteiger partial charge in [-0.15, -0.1) is 0 Å². The molecule has 0 aliphatic carbocycles. The molecule has 32 heavy (non-hydrogen) atoms. The first-order chi connectivity index (χ1) is 15.4. The molecule has 0 atom stereocenters. The lowest BCUT2D eigenvalue weighted by Gasteiger charge is -2.21. The number of rotatable bonds is 4. The summed E-state index contributed by atoms with van der Waals surface area (Å²) in [4.78, 5) is 17.7. The normalized spacial score (nSPS) is 13.1. The Morgan fingerprint density at radius 3 is 2.81 bits per heavy atom. The predicted octanol–water partition coefficient (Wildman–Crippen LogP) is 5.28. The molecule has 0 saturated heterocycles. The number of benzene rings is 1. The third-order valence-electron chi connectivity index (χ3n) is 5.26. The lowest BCUT2D eigenvalue weighted by molar-refractivity contribution is -0.0180. The average Bonchev–Trinajstić information content (AvgIpc) is 3.32. The topological polar surface area (TPSA) is 96.8 Å². The van der Waals surface area contributed by atoms with Gasteiger partial charge in [-0.3, -0.25) is 0 Å². The van der Waals surface area contributed by atoms with Gasteiger partial charge in [0.15, 0.2) is 6.79 Å². The summed E-state index contributed by atoms with van der Waals surface area (Å²) in [6.45, 7) is 5.93. The van der Waals surface area contributed by atoms with E-state index in [1.54, 1.807) is 25.1 Å². The Labute approximate surface area is 188 Å². The van der Waals surface area contributed by atoms with E-state index < -0.39 is 5.97 Å². The van der Waals surface area contributed by atoms with E-state index in [0.717, 1.165) is 16.9 Å². The van der Waals surface area contributed by atoms with Gasteiger partial charge in [-0.25, -0.2) is 9.78 Å². The standard InChI is InChI=1S/C23H19ClN2O6/c1-11-4-17(13(3)31-11)19-7-18(20-12(2)26-32-22(20)25-19)23(27)29-9-15-6-16(24)5-14-8-28-10-30-21(14)15/h4-7H,8-10H2,1-3H3. The molecule has 0 radical (unpaired) electrons. The van der Waals surface area contributed by atoms with Crippen LogP contribution in [0.25, 0.3) is 22.4 Å². The van der Waals surface area contributed by atoms with Crippen molar-refractivity contribution in [3.8, 4) is 17.0 Å². The van der Waals surface area contributed by atoms with Crippen molar-refractivity contribution < 1.29 is 27.9 Å². The van der Waals surface area contributed by atoms with Crippen molar-refractivity contribution >= 4 is 28.7 Å². The van der Waals surface area contributed by atoms with Crippen LogP contribution in [0.5, 0.6) is 5.75 Å². The van der Waals surface area contributed by atoms with Gasteiger partial charge >= 0.3 is 5.97 Å². The van der Waals surface area contributed by atoms with Crippen molar-refractivity contribution in [1.29, 1.82) is 0 Å². The summed E-state index contributed by atoms with van der Waals surface area (Å²) in [5, 5.41) is 4.99. The molecule has 4 heterocycles. The minimum atomic E-state index is -0.538. The Morgan fingerprint density at radius 2 is 2.03 bits per heavy atom. The van der Waals surface area contributed by atoms with E-state index in [1.807, 2.05) is 19.9 Å². The molecule has 9 heteroatoms. The van der Waals surface area contributed by atoms with E-state index in [9.17, 15) is 4.79 Å². The minimum Gasteiger partial charge on any atom is -0.467 e. The lowest BCUT2D eigenvalue weighted by Crippen LogP contribution is -2.14. The van der Waals surface area contributed by atoms with Crippen LogP contribution in [0, 0.1) is 20.8 Å². The van der Waals surface area contributed by atoms with Crippen molar-refractivity contribution in [1.82, 2.24) is 10.1 Å². The maximum Gasteiger partial charge on any atom is 0.339 e. The summed E-state index contributed by atoms with van der Waals surface area (Å²) in [7, 11) is 0. The quantitative estimate of drug-likeness (QED) is 0.384. The maximum absolute atomic E-state index is 13.2. The van der Waals surface area contributed by atoms with Crippen LogP contribution in [0.4, 0.5) is 0 Å². The first kappa shape index (κ1) is 20.5. The fraction of sp³-hybridized carbons (Fsp3) is 0.261. The van der Waals surface area contributed by atoms with Crippen molar-refractivity contribution in [2.75, 3.05) is 6.79 Å². The van der Waals surface area contributed by atoms with E-state index >= 15 is 0 Å². The van der Waals surface area contributed by atoms with Crippen LogP contribution < -0.4 is 4.74 Å². The van der Waals surface area contributed by atoms with E-state index in [0.29, 0.717) is 51.0 Å². The first-order valence-electron chi connectivity index (χ1n) is 9.94. The first-order valence-corrected chi connectivity index (χ1v) is 10.3. The molecule has 0 N–H and O–H groups in total. The van der Waals surface area contributed by atoms with Crippen LogP contribution >= 0.6 is 11.6 Å². The highest BCUT2D eigenvalue weighted by Crippen LogP contribution is 2.34. The number of fused-ring (bicyclic) bond motifs is 2. The maximum atomic E-state index is 13.2. The SMILES string of the molecule is Cc1cc(-c2cc(C(=O)OCc3cc(Cl)cc4c3OCOC4)c3c(C)noc3n2)c(C)o1. The number of aromatic nitrogens is 2. The van der Waals surface area contributed by atoms with Gasteiger partial charge in [0.05, 0.1) is 28.9 Å². The highest BCUT2D eigenvalue weighted by Gasteiger charge is 2.23. The zero-order valence-corrected chi connectivity index (χ0v) is 18.4. The van der Waals surface area contributed by atoms with Crippen LogP contribution in [0.1, 0.15) is 38.7 Å². The monoisotopic (exact) mass is 454 g/mol. The van der Waals surface area contributed by atoms with Gasteiger partial charge in [-0.1, -0.05) is 16.8 Å². The van der Waals surface area contributed by atoms with Crippen LogP contribution in [-0.4, -0.2) is 22.9 Å². The second kappa shape index (κ2) is 7.96. The smallest absolute Gasteiger partial charge is 0.339 e. The van der Waals surface area contributed by atoms with Crippen molar-refractivity contribution in [2.45, 2.75) is 34.0 Å². The third-order valence-corrected chi connectivity index (χ3v) is 5.48. The molecule has 0 unspecified atom stereocenters. The van der Waals surface area contributed by atoms with E-state index in [4.69, 9.17) is 34.8 Å². The van der Waals surface area contributed by atoms with Crippen molar-refractivity contribution in [3.63, 3.8) is 0 Å². The molecule has 4 aromatic rings. The van der Waals surface area contributed by atoms with Gasteiger partial charge in [0.1, 0.15) is 23.9 Å². The fourth-order valence-electron chi connectivity index (χ4n) is 3.86. The second-order valence-electron chi connectivity index (χ2n) is 7.57. The molecule has 1 aliphatic rings. The molecular weight excluding hydrogens is 436 g/mol. The molecule has 164 valence electrons. The van der Waals surface area contributed by atoms with E-state index in [2.05, 4.69) is 10.1 Å². The van der Waals surface area contributed by atoms with E-state index in [-0.39, 0.29) is 19.1 Å². The number of furan rings is 1. The highest BCUT2D eigenvalue weighted by atomic mass is 35.5. The van der Waals surface area contributed by atoms with Crippen LogP contribution in [0.15, 0.2) is 33.2 Å². The van der Waals surface area contributed by atoms with Gasteiger partial charge in [0.2, 0.25) is 0 Å². The van der Waals surface area contributed by atoms with Gasteiger partial charge in [0, 0.05) is 21.7 Å². The van der Waals surface area contributed by atoms with Gasteiger partial charge < -0.3 is 23.2 Å². The number of hydrogen-bond donors (Lipinski definition) is 0. The number of aryl methyl sites for hydroxylation is 3. The summed E-state index contributed by atoms with van der Waals surface area (Å²) < 4.78 is 27.5. The Bertz CT molecular complexity index is 1360. The number of esters is 1. The minimum absolute atomic E-state index is 0.0188. The van der Waals surface area contributed by atoms with Gasteiger partial charge in [-0.05, 0) is 45.0 Å². The molecule has 0 saturated carbocycles. The van der Waals surface area contributed by atoms with Crippen molar-refractivity contribution in [3.05, 3.63) is 63.2 Å². The molecule has 8 nitrogen and oxygen atoms in total. The summed E-state index contributed by atoms with van der Waals surface area (Å²) in [5.74, 6) is 1.52. The molecular formula is C23H19ClN2O6. The largest absolute Gasteiger partial charge is 0.467 e. The van der Waals surface area contributed by atoms with Crippen LogP contribution in [0.3, 0.4) is 0 Å². The Morgan fingerprint density at radius 1 is 1.19 bits per heavy atom. The molecule has 0 fully saturated rings. The average molecular weight is 455 g/mol. The zero-order chi connectivity index (χ0) is 22.4. The molecule has 1 aliphatic heterocycles. The molecule has 5 rings (SSSR count). The lowest BCUT2D eigenvalue weighted by atomic mass is 10.1. The number of ether oxygens (including phenoxy) is 3.